The molecule has 2 aliphatic rings. The Morgan fingerprint density at radius 3 is 2.73 bits per heavy atom. The number of nitrogens with one attached hydrogen (secondary N) is 1. The fourth-order valence-corrected chi connectivity index (χ4v) is 3.41. The van der Waals surface area contributed by atoms with Crippen molar-refractivity contribution in [3.63, 3.8) is 0 Å². The van der Waals surface area contributed by atoms with Gasteiger partial charge in [-0.1, -0.05) is 12.1 Å². The Morgan fingerprint density at radius 1 is 1.32 bits per heavy atom. The first kappa shape index (κ1) is 15.0. The second-order valence-corrected chi connectivity index (χ2v) is 5.80. The number of carbonyl (C=O) groups excluding carboxylic acids is 2. The molecular weight excluding hydrogens is 284 g/mol. The van der Waals surface area contributed by atoms with E-state index in [1.807, 2.05) is 0 Å². The van der Waals surface area contributed by atoms with Crippen LogP contribution in [0.25, 0.3) is 0 Å². The van der Waals surface area contributed by atoms with E-state index in [4.69, 9.17) is 15.2 Å². The van der Waals surface area contributed by atoms with Gasteiger partial charge < -0.3 is 20.5 Å². The number of benzene rings is 1. The predicted octanol–water partition coefficient (Wildman–Crippen LogP) is 1.58. The van der Waals surface area contributed by atoms with Gasteiger partial charge >= 0.3 is 0 Å². The van der Waals surface area contributed by atoms with Gasteiger partial charge in [0.1, 0.15) is 0 Å². The van der Waals surface area contributed by atoms with Gasteiger partial charge in [-0.2, -0.15) is 0 Å². The van der Waals surface area contributed by atoms with Crippen LogP contribution in [-0.2, 0) is 14.3 Å². The molecule has 0 bridgehead atoms. The second-order valence-electron chi connectivity index (χ2n) is 5.80. The minimum absolute atomic E-state index is 0.187. The molecule has 6 heteroatoms. The maximum Gasteiger partial charge on any atom is 0.251 e. The Hall–Kier alpha value is -1.92. The summed E-state index contributed by atoms with van der Waals surface area (Å²) in [5.74, 6) is -1.90. The van der Waals surface area contributed by atoms with Crippen LogP contribution in [0.5, 0.6) is 0 Å². The van der Waals surface area contributed by atoms with E-state index in [1.54, 1.807) is 25.1 Å². The molecule has 1 aromatic carbocycles. The van der Waals surface area contributed by atoms with Crippen molar-refractivity contribution in [2.24, 2.45) is 11.7 Å². The third-order valence-electron chi connectivity index (χ3n) is 4.42. The molecule has 1 heterocycles. The highest BCUT2D eigenvalue weighted by atomic mass is 16.7. The maximum atomic E-state index is 12.6. The van der Waals surface area contributed by atoms with Crippen molar-refractivity contribution in [3.05, 3.63) is 29.3 Å². The first-order valence-electron chi connectivity index (χ1n) is 7.52. The molecule has 1 aliphatic carbocycles. The van der Waals surface area contributed by atoms with Crippen molar-refractivity contribution >= 4 is 17.5 Å². The summed E-state index contributed by atoms with van der Waals surface area (Å²) in [5.41, 5.74) is 6.94. The number of nitrogens with two attached hydrogens (primary N) is 1. The molecule has 6 nitrogen and oxygen atoms in total. The van der Waals surface area contributed by atoms with Crippen molar-refractivity contribution in [2.45, 2.75) is 32.0 Å². The number of amides is 2. The van der Waals surface area contributed by atoms with Gasteiger partial charge in [0.15, 0.2) is 5.79 Å². The van der Waals surface area contributed by atoms with Crippen molar-refractivity contribution in [3.8, 4) is 0 Å². The molecule has 1 spiro atoms. The highest BCUT2D eigenvalue weighted by Crippen LogP contribution is 2.42. The van der Waals surface area contributed by atoms with E-state index in [9.17, 15) is 9.59 Å². The Kier molecular flexibility index (Phi) is 3.88. The summed E-state index contributed by atoms with van der Waals surface area (Å²) < 4.78 is 11.4. The van der Waals surface area contributed by atoms with Gasteiger partial charge in [0, 0.05) is 6.42 Å². The summed E-state index contributed by atoms with van der Waals surface area (Å²) in [6.45, 7) is 2.82. The average molecular weight is 304 g/mol. The summed E-state index contributed by atoms with van der Waals surface area (Å²) >= 11 is 0. The van der Waals surface area contributed by atoms with E-state index < -0.39 is 11.7 Å². The zero-order chi connectivity index (χ0) is 15.7. The van der Waals surface area contributed by atoms with Crippen LogP contribution in [0, 0.1) is 12.8 Å². The third-order valence-corrected chi connectivity index (χ3v) is 4.42. The smallest absolute Gasteiger partial charge is 0.251 e. The van der Waals surface area contributed by atoms with E-state index >= 15 is 0 Å². The molecule has 2 amide bonds. The van der Waals surface area contributed by atoms with Crippen molar-refractivity contribution in [2.75, 3.05) is 18.5 Å². The van der Waals surface area contributed by atoms with E-state index in [2.05, 4.69) is 5.32 Å². The van der Waals surface area contributed by atoms with Crippen LogP contribution in [0.1, 0.15) is 35.2 Å². The van der Waals surface area contributed by atoms with E-state index in [-0.39, 0.29) is 11.8 Å². The van der Waals surface area contributed by atoms with Crippen LogP contribution in [0.2, 0.25) is 0 Å². The molecule has 3 rings (SSSR count). The number of carbonyl (C=O) groups is 2. The van der Waals surface area contributed by atoms with Gasteiger partial charge in [-0.05, 0) is 31.4 Å². The van der Waals surface area contributed by atoms with Gasteiger partial charge in [0.25, 0.3) is 5.91 Å². The number of hydrogen-bond donors (Lipinski definition) is 2. The van der Waals surface area contributed by atoms with E-state index in [0.29, 0.717) is 30.9 Å². The lowest BCUT2D eigenvalue weighted by Gasteiger charge is -2.28. The molecule has 1 saturated carbocycles. The number of rotatable bonds is 3. The molecule has 0 unspecified atom stereocenters. The Bertz CT molecular complexity index is 603. The highest BCUT2D eigenvalue weighted by molar-refractivity contribution is 6.04. The summed E-state index contributed by atoms with van der Waals surface area (Å²) in [7, 11) is 0. The molecule has 1 atom stereocenters. The van der Waals surface area contributed by atoms with Crippen LogP contribution < -0.4 is 11.1 Å². The van der Waals surface area contributed by atoms with Crippen LogP contribution >= 0.6 is 0 Å². The number of ether oxygens (including phenoxy) is 2. The van der Waals surface area contributed by atoms with E-state index in [1.165, 1.54) is 0 Å². The number of anilines is 1. The normalized spacial score (nSPS) is 22.9. The molecule has 22 heavy (non-hydrogen) atoms. The Morgan fingerprint density at radius 2 is 2.05 bits per heavy atom. The molecule has 2 fully saturated rings. The predicted molar refractivity (Wildman–Crippen MR) is 80.3 cm³/mol. The summed E-state index contributed by atoms with van der Waals surface area (Å²) in [6.07, 6.45) is 2.32. The maximum absolute atomic E-state index is 12.6. The first-order valence-corrected chi connectivity index (χ1v) is 7.52. The minimum atomic E-state index is -0.791. The van der Waals surface area contributed by atoms with Crippen LogP contribution in [0.3, 0.4) is 0 Å². The largest absolute Gasteiger partial charge is 0.366 e. The molecule has 0 aromatic heterocycles. The monoisotopic (exact) mass is 304 g/mol. The molecule has 3 N–H and O–H groups in total. The Labute approximate surface area is 129 Å². The SMILES string of the molecule is Cc1cccc(NC(=O)[C@H]2CCCC23OCCO3)c1C(N)=O. The van der Waals surface area contributed by atoms with Crippen molar-refractivity contribution in [1.82, 2.24) is 0 Å². The molecule has 1 saturated heterocycles. The fraction of sp³-hybridized carbons (Fsp3) is 0.500. The number of hydrogen-bond acceptors (Lipinski definition) is 4. The number of primary amides is 1. The quantitative estimate of drug-likeness (QED) is 0.887. The van der Waals surface area contributed by atoms with Gasteiger partial charge in [0.05, 0.1) is 30.4 Å². The molecule has 1 aromatic rings. The van der Waals surface area contributed by atoms with Crippen molar-refractivity contribution in [1.29, 1.82) is 0 Å². The zero-order valence-corrected chi connectivity index (χ0v) is 12.6. The zero-order valence-electron chi connectivity index (χ0n) is 12.6. The topological polar surface area (TPSA) is 90.7 Å². The van der Waals surface area contributed by atoms with Gasteiger partial charge in [-0.15, -0.1) is 0 Å². The Balaban J connectivity index is 1.83. The lowest BCUT2D eigenvalue weighted by Crippen LogP contribution is -2.41. The lowest BCUT2D eigenvalue weighted by molar-refractivity contribution is -0.184. The second kappa shape index (κ2) is 5.70. The van der Waals surface area contributed by atoms with Gasteiger partial charge in [0.2, 0.25) is 5.91 Å². The van der Waals surface area contributed by atoms with Crippen LogP contribution in [0.15, 0.2) is 18.2 Å². The standard InChI is InChI=1S/C16H20N2O4/c1-10-4-2-6-12(13(10)14(17)19)18-15(20)11-5-3-7-16(11)21-8-9-22-16/h2,4,6,11H,3,5,7-9H2,1H3,(H2,17,19)(H,18,20)/t11-/m1/s1. The third kappa shape index (κ3) is 2.48. The van der Waals surface area contributed by atoms with E-state index in [0.717, 1.165) is 18.4 Å². The molecule has 0 radical (unpaired) electrons. The highest BCUT2D eigenvalue weighted by Gasteiger charge is 2.51. The minimum Gasteiger partial charge on any atom is -0.366 e. The van der Waals surface area contributed by atoms with Gasteiger partial charge in [-0.25, -0.2) is 0 Å². The number of aryl methyl sites for hydroxylation is 1. The molecular formula is C16H20N2O4. The molecule has 118 valence electrons. The summed E-state index contributed by atoms with van der Waals surface area (Å²) in [4.78, 5) is 24.3. The summed E-state index contributed by atoms with van der Waals surface area (Å²) in [5, 5.41) is 2.83. The fourth-order valence-electron chi connectivity index (χ4n) is 3.41. The first-order chi connectivity index (χ1) is 10.5. The summed E-state index contributed by atoms with van der Waals surface area (Å²) in [6, 6.07) is 5.25. The van der Waals surface area contributed by atoms with Gasteiger partial charge in [-0.3, -0.25) is 9.59 Å². The van der Waals surface area contributed by atoms with Crippen LogP contribution in [-0.4, -0.2) is 30.8 Å². The molecule has 1 aliphatic heterocycles. The van der Waals surface area contributed by atoms with Crippen molar-refractivity contribution < 1.29 is 19.1 Å². The van der Waals surface area contributed by atoms with Crippen LogP contribution in [0.4, 0.5) is 5.69 Å². The lowest BCUT2D eigenvalue weighted by atomic mass is 10.00. The average Bonchev–Trinajstić information content (AvgIpc) is 3.09.